The number of fused-ring (bicyclic) bond motifs is 1. The van der Waals surface area contributed by atoms with Crippen molar-refractivity contribution >= 4 is 39.9 Å². The fourth-order valence-electron chi connectivity index (χ4n) is 4.97. The van der Waals surface area contributed by atoms with Crippen LogP contribution in [0, 0.1) is 6.92 Å². The Balaban J connectivity index is 1.67. The van der Waals surface area contributed by atoms with Gasteiger partial charge in [-0.1, -0.05) is 30.7 Å². The molecule has 1 N–H and O–H groups in total. The highest BCUT2D eigenvalue weighted by atomic mass is 32.1. The van der Waals surface area contributed by atoms with Crippen LogP contribution in [0.25, 0.3) is 5.76 Å². The van der Waals surface area contributed by atoms with Crippen molar-refractivity contribution in [2.45, 2.75) is 46.6 Å². The zero-order valence-electron chi connectivity index (χ0n) is 25.0. The van der Waals surface area contributed by atoms with E-state index in [0.717, 1.165) is 24.2 Å². The van der Waals surface area contributed by atoms with Crippen molar-refractivity contribution in [3.8, 4) is 23.0 Å². The highest BCUT2D eigenvalue weighted by Crippen LogP contribution is 2.46. The van der Waals surface area contributed by atoms with E-state index in [1.54, 1.807) is 50.2 Å². The Labute approximate surface area is 259 Å². The van der Waals surface area contributed by atoms with Crippen molar-refractivity contribution in [2.75, 3.05) is 37.9 Å². The number of carbonyl (C=O) groups excluding carboxylic acids is 3. The molecule has 5 rings (SSSR count). The zero-order chi connectivity index (χ0) is 31.4. The predicted octanol–water partition coefficient (Wildman–Crippen LogP) is 5.60. The van der Waals surface area contributed by atoms with Gasteiger partial charge in [-0.25, -0.2) is 9.78 Å². The van der Waals surface area contributed by atoms with Gasteiger partial charge in [0.05, 0.1) is 37.1 Å². The number of nitrogens with zero attached hydrogens (tertiary/aromatic N) is 2. The number of hydrogen-bond acceptors (Lipinski definition) is 11. The number of rotatable bonds is 11. The molecule has 1 atom stereocenters. The van der Waals surface area contributed by atoms with Crippen molar-refractivity contribution in [1.82, 2.24) is 4.98 Å². The fraction of sp³-hybridized carbons (Fsp3) is 0.375. The predicted molar refractivity (Wildman–Crippen MR) is 163 cm³/mol. The number of carbonyl (C=O) groups is 3. The van der Waals surface area contributed by atoms with E-state index >= 15 is 0 Å². The van der Waals surface area contributed by atoms with Gasteiger partial charge in [-0.05, 0) is 63.1 Å². The van der Waals surface area contributed by atoms with Gasteiger partial charge in [-0.15, -0.1) is 0 Å². The highest BCUT2D eigenvalue weighted by molar-refractivity contribution is 7.17. The molecule has 1 saturated heterocycles. The summed E-state index contributed by atoms with van der Waals surface area (Å²) in [6.07, 6.45) is 1.81. The first-order valence-corrected chi connectivity index (χ1v) is 15.4. The van der Waals surface area contributed by atoms with Crippen LogP contribution in [-0.4, -0.2) is 60.8 Å². The molecule has 0 spiro atoms. The SMILES string of the molecule is CCCCOc1ccc(C2/C(=C(/O)c3ccc4c(c3)OCCO4)C(=O)C(=O)N2c2nc(C)c(C(=O)OCC)s2)cc1OCC. The van der Waals surface area contributed by atoms with Crippen LogP contribution < -0.4 is 23.8 Å². The average Bonchev–Trinajstić information content (AvgIpc) is 3.53. The summed E-state index contributed by atoms with van der Waals surface area (Å²) >= 11 is 0.939. The number of Topliss-reactive ketones (excluding diaryl/α,β-unsaturated/α-hetero) is 1. The number of amides is 1. The summed E-state index contributed by atoms with van der Waals surface area (Å²) in [5.41, 5.74) is 0.939. The zero-order valence-corrected chi connectivity index (χ0v) is 25.8. The third kappa shape index (κ3) is 5.94. The Hall–Kier alpha value is -4.58. The first kappa shape index (κ1) is 30.9. The molecule has 1 unspecified atom stereocenters. The van der Waals surface area contributed by atoms with Gasteiger partial charge >= 0.3 is 11.9 Å². The van der Waals surface area contributed by atoms with Crippen LogP contribution in [-0.2, 0) is 14.3 Å². The Morgan fingerprint density at radius 1 is 1.02 bits per heavy atom. The molecule has 44 heavy (non-hydrogen) atoms. The van der Waals surface area contributed by atoms with Gasteiger partial charge in [0.15, 0.2) is 28.1 Å². The van der Waals surface area contributed by atoms with E-state index < -0.39 is 29.5 Å². The molecule has 1 aromatic heterocycles. The lowest BCUT2D eigenvalue weighted by atomic mass is 9.95. The van der Waals surface area contributed by atoms with Crippen LogP contribution >= 0.6 is 11.3 Å². The van der Waals surface area contributed by atoms with Gasteiger partial charge in [0.2, 0.25) is 0 Å². The van der Waals surface area contributed by atoms with Crippen molar-refractivity contribution in [3.05, 3.63) is 63.7 Å². The molecule has 2 aliphatic rings. The molecule has 0 radical (unpaired) electrons. The monoisotopic (exact) mass is 622 g/mol. The number of aromatic nitrogens is 1. The Morgan fingerprint density at radius 2 is 1.80 bits per heavy atom. The largest absolute Gasteiger partial charge is 0.507 e. The smallest absolute Gasteiger partial charge is 0.350 e. The van der Waals surface area contributed by atoms with E-state index in [9.17, 15) is 19.5 Å². The van der Waals surface area contributed by atoms with E-state index in [2.05, 4.69) is 11.9 Å². The van der Waals surface area contributed by atoms with Crippen LogP contribution in [0.4, 0.5) is 5.13 Å². The maximum absolute atomic E-state index is 13.7. The number of benzene rings is 2. The molecule has 2 aromatic carbocycles. The van der Waals surface area contributed by atoms with Crippen molar-refractivity contribution in [3.63, 3.8) is 0 Å². The molecular formula is C32H34N2O9S. The van der Waals surface area contributed by atoms with E-state index in [4.69, 9.17) is 23.7 Å². The lowest BCUT2D eigenvalue weighted by Gasteiger charge is -2.24. The Morgan fingerprint density at radius 3 is 2.52 bits per heavy atom. The third-order valence-electron chi connectivity index (χ3n) is 7.05. The maximum Gasteiger partial charge on any atom is 0.350 e. The summed E-state index contributed by atoms with van der Waals surface area (Å²) in [4.78, 5) is 45.9. The molecule has 3 aromatic rings. The van der Waals surface area contributed by atoms with E-state index in [-0.39, 0.29) is 27.8 Å². The number of thiazole rings is 1. The summed E-state index contributed by atoms with van der Waals surface area (Å²) in [6, 6.07) is 8.83. The molecule has 12 heteroatoms. The number of ether oxygens (including phenoxy) is 5. The first-order valence-electron chi connectivity index (χ1n) is 14.5. The summed E-state index contributed by atoms with van der Waals surface area (Å²) in [6.45, 7) is 8.96. The molecule has 1 fully saturated rings. The second-order valence-electron chi connectivity index (χ2n) is 10.0. The minimum Gasteiger partial charge on any atom is -0.507 e. The van der Waals surface area contributed by atoms with Gasteiger partial charge in [0, 0.05) is 5.56 Å². The first-order chi connectivity index (χ1) is 21.3. The minimum absolute atomic E-state index is 0.111. The van der Waals surface area contributed by atoms with Gasteiger partial charge in [0.1, 0.15) is 23.9 Å². The summed E-state index contributed by atoms with van der Waals surface area (Å²) < 4.78 is 28.3. The van der Waals surface area contributed by atoms with E-state index in [1.807, 2.05) is 6.92 Å². The van der Waals surface area contributed by atoms with Crippen molar-refractivity contribution in [2.24, 2.45) is 0 Å². The van der Waals surface area contributed by atoms with E-state index in [1.165, 1.54) is 4.90 Å². The molecule has 0 saturated carbocycles. The summed E-state index contributed by atoms with van der Waals surface area (Å²) in [5, 5.41) is 11.7. The summed E-state index contributed by atoms with van der Waals surface area (Å²) in [7, 11) is 0. The maximum atomic E-state index is 13.7. The number of ketones is 1. The van der Waals surface area contributed by atoms with Crippen LogP contribution in [0.15, 0.2) is 42.0 Å². The molecule has 3 heterocycles. The molecule has 11 nitrogen and oxygen atoms in total. The quantitative estimate of drug-likeness (QED) is 0.0947. The average molecular weight is 623 g/mol. The standard InChI is InChI=1S/C32H34N2O9S/c1-5-8-13-41-21-11-9-19(16-23(21)39-6-2)26-25(27(35)20-10-12-22-24(17-20)43-15-14-42-22)28(36)30(37)34(26)32-33-18(4)29(44-32)31(38)40-7-3/h9-12,16-17,26,35H,5-8,13-15H2,1-4H3/b27-25-. The second-order valence-corrected chi connectivity index (χ2v) is 11.0. The Bertz CT molecular complexity index is 1610. The molecule has 2 aliphatic heterocycles. The van der Waals surface area contributed by atoms with E-state index in [0.29, 0.717) is 60.7 Å². The van der Waals surface area contributed by atoms with Gasteiger partial charge in [-0.2, -0.15) is 0 Å². The minimum atomic E-state index is -1.10. The molecule has 0 bridgehead atoms. The molecular weight excluding hydrogens is 588 g/mol. The van der Waals surface area contributed by atoms with Crippen molar-refractivity contribution < 1.29 is 43.2 Å². The molecule has 232 valence electrons. The van der Waals surface area contributed by atoms with Crippen LogP contribution in [0.5, 0.6) is 23.0 Å². The van der Waals surface area contributed by atoms with Gasteiger partial charge < -0.3 is 28.8 Å². The second kappa shape index (κ2) is 13.4. The molecule has 0 aliphatic carbocycles. The van der Waals surface area contributed by atoms with Crippen LogP contribution in [0.1, 0.15) is 66.1 Å². The lowest BCUT2D eigenvalue weighted by molar-refractivity contribution is -0.132. The summed E-state index contributed by atoms with van der Waals surface area (Å²) in [5.74, 6) is -0.925. The number of hydrogen-bond donors (Lipinski definition) is 1. The number of esters is 1. The number of anilines is 1. The number of aliphatic hydroxyl groups is 1. The number of unbranched alkanes of at least 4 members (excludes halogenated alkanes) is 1. The number of aliphatic hydroxyl groups excluding tert-OH is 1. The topological polar surface area (TPSA) is 134 Å². The fourth-order valence-corrected chi connectivity index (χ4v) is 5.96. The van der Waals surface area contributed by atoms with Crippen molar-refractivity contribution in [1.29, 1.82) is 0 Å². The molecule has 1 amide bonds. The number of aryl methyl sites for hydroxylation is 1. The highest BCUT2D eigenvalue weighted by Gasteiger charge is 2.49. The van der Waals surface area contributed by atoms with Gasteiger partial charge in [0.25, 0.3) is 5.78 Å². The van der Waals surface area contributed by atoms with Crippen LogP contribution in [0.3, 0.4) is 0 Å². The normalized spacial score (nSPS) is 17.1. The third-order valence-corrected chi connectivity index (χ3v) is 8.19. The Kier molecular flexibility index (Phi) is 9.38. The lowest BCUT2D eigenvalue weighted by Crippen LogP contribution is -2.29. The van der Waals surface area contributed by atoms with Crippen LogP contribution in [0.2, 0.25) is 0 Å². The van der Waals surface area contributed by atoms with Gasteiger partial charge in [-0.3, -0.25) is 14.5 Å².